The Bertz CT molecular complexity index is 597. The molecule has 0 N–H and O–H groups in total. The molecule has 0 spiro atoms. The van der Waals surface area contributed by atoms with Gasteiger partial charge in [-0.1, -0.05) is 45.0 Å². The van der Waals surface area contributed by atoms with E-state index in [1.165, 1.54) is 16.9 Å². The highest BCUT2D eigenvalue weighted by Crippen LogP contribution is 2.35. The van der Waals surface area contributed by atoms with E-state index in [0.717, 1.165) is 19.8 Å². The van der Waals surface area contributed by atoms with Crippen LogP contribution in [0.25, 0.3) is 10.4 Å². The summed E-state index contributed by atoms with van der Waals surface area (Å²) in [5.74, 6) is 0. The number of benzene rings is 1. The van der Waals surface area contributed by atoms with Gasteiger partial charge in [0.15, 0.2) is 0 Å². The van der Waals surface area contributed by atoms with E-state index in [4.69, 9.17) is 5.26 Å². The van der Waals surface area contributed by atoms with Gasteiger partial charge in [0.2, 0.25) is 0 Å². The molecule has 18 heavy (non-hydrogen) atoms. The highest BCUT2D eigenvalue weighted by atomic mass is 79.9. The van der Waals surface area contributed by atoms with Crippen molar-refractivity contribution in [2.24, 2.45) is 0 Å². The van der Waals surface area contributed by atoms with Crippen molar-refractivity contribution in [1.29, 1.82) is 5.26 Å². The molecule has 1 heterocycles. The summed E-state index contributed by atoms with van der Waals surface area (Å²) in [5.41, 5.74) is 2.66. The fraction of sp³-hybridized carbons (Fsp3) is 0.267. The molecular weight excluding hydrogens is 306 g/mol. The Morgan fingerprint density at radius 3 is 2.22 bits per heavy atom. The first-order valence-electron chi connectivity index (χ1n) is 5.72. The van der Waals surface area contributed by atoms with Crippen molar-refractivity contribution in [1.82, 2.24) is 0 Å². The van der Waals surface area contributed by atoms with Crippen molar-refractivity contribution >= 4 is 27.3 Å². The Balaban J connectivity index is 2.38. The van der Waals surface area contributed by atoms with Crippen molar-refractivity contribution in [3.63, 3.8) is 0 Å². The van der Waals surface area contributed by atoms with Gasteiger partial charge in [-0.3, -0.25) is 0 Å². The molecule has 0 aliphatic rings. The first-order chi connectivity index (χ1) is 8.41. The van der Waals surface area contributed by atoms with Gasteiger partial charge < -0.3 is 0 Å². The van der Waals surface area contributed by atoms with Crippen LogP contribution in [-0.2, 0) is 5.41 Å². The second kappa shape index (κ2) is 4.87. The number of hydrogen-bond acceptors (Lipinski definition) is 2. The zero-order valence-electron chi connectivity index (χ0n) is 10.6. The van der Waals surface area contributed by atoms with E-state index < -0.39 is 0 Å². The maximum absolute atomic E-state index is 8.96. The third-order valence-corrected chi connectivity index (χ3v) is 4.80. The molecule has 0 saturated carbocycles. The van der Waals surface area contributed by atoms with E-state index in [1.54, 1.807) is 0 Å². The Hall–Kier alpha value is -1.11. The Morgan fingerprint density at radius 1 is 1.17 bits per heavy atom. The summed E-state index contributed by atoms with van der Waals surface area (Å²) in [6.07, 6.45) is 0. The average molecular weight is 320 g/mol. The van der Waals surface area contributed by atoms with Gasteiger partial charge in [0.25, 0.3) is 0 Å². The van der Waals surface area contributed by atoms with E-state index in [0.29, 0.717) is 0 Å². The molecule has 0 amide bonds. The molecule has 0 bridgehead atoms. The molecular formula is C15H14BrNS. The predicted molar refractivity (Wildman–Crippen MR) is 80.9 cm³/mol. The number of hydrogen-bond donors (Lipinski definition) is 0. The highest BCUT2D eigenvalue weighted by Gasteiger charge is 2.14. The minimum absolute atomic E-state index is 0.173. The van der Waals surface area contributed by atoms with Crippen LogP contribution in [0.4, 0.5) is 0 Å². The average Bonchev–Trinajstić information content (AvgIpc) is 2.69. The fourth-order valence-corrected chi connectivity index (χ4v) is 3.29. The Kier molecular flexibility index (Phi) is 3.61. The summed E-state index contributed by atoms with van der Waals surface area (Å²) in [6, 6.07) is 12.8. The van der Waals surface area contributed by atoms with Gasteiger partial charge in [-0.15, -0.1) is 11.3 Å². The molecule has 0 unspecified atom stereocenters. The highest BCUT2D eigenvalue weighted by molar-refractivity contribution is 9.10. The zero-order valence-corrected chi connectivity index (χ0v) is 13.0. The van der Waals surface area contributed by atoms with Crippen LogP contribution in [-0.4, -0.2) is 0 Å². The summed E-state index contributed by atoms with van der Waals surface area (Å²) in [5, 5.41) is 8.96. The summed E-state index contributed by atoms with van der Waals surface area (Å²) in [4.78, 5) is 1.85. The van der Waals surface area contributed by atoms with E-state index in [9.17, 15) is 0 Å². The number of nitrogens with zero attached hydrogens (tertiary/aromatic N) is 1. The van der Waals surface area contributed by atoms with Gasteiger partial charge >= 0.3 is 0 Å². The maximum Gasteiger partial charge on any atom is 0.119 e. The molecule has 0 fully saturated rings. The third kappa shape index (κ3) is 2.66. The lowest BCUT2D eigenvalue weighted by molar-refractivity contribution is 0.590. The van der Waals surface area contributed by atoms with Crippen LogP contribution < -0.4 is 0 Å². The normalized spacial score (nSPS) is 11.3. The summed E-state index contributed by atoms with van der Waals surface area (Å²) in [7, 11) is 0. The number of rotatable bonds is 1. The van der Waals surface area contributed by atoms with E-state index in [1.807, 2.05) is 6.07 Å². The van der Waals surface area contributed by atoms with E-state index in [-0.39, 0.29) is 5.41 Å². The third-order valence-electron chi connectivity index (χ3n) is 2.82. The molecule has 0 radical (unpaired) electrons. The lowest BCUT2D eigenvalue weighted by Gasteiger charge is -2.18. The molecule has 0 saturated heterocycles. The largest absolute Gasteiger partial charge is 0.191 e. The van der Waals surface area contributed by atoms with Crippen LogP contribution in [0.2, 0.25) is 0 Å². The van der Waals surface area contributed by atoms with Gasteiger partial charge in [0, 0.05) is 9.35 Å². The van der Waals surface area contributed by atoms with Crippen LogP contribution in [0.15, 0.2) is 34.8 Å². The standard InChI is InChI=1S/C15H14BrNS/c1-15(2,3)11-6-4-10(5-7-11)13-8-12(16)14(9-17)18-13/h4-8H,1-3H3. The van der Waals surface area contributed by atoms with Crippen molar-refractivity contribution in [3.05, 3.63) is 45.2 Å². The summed E-state index contributed by atoms with van der Waals surface area (Å²) >= 11 is 4.93. The van der Waals surface area contributed by atoms with Crippen molar-refractivity contribution in [2.75, 3.05) is 0 Å². The van der Waals surface area contributed by atoms with Crippen LogP contribution in [0.3, 0.4) is 0 Å². The van der Waals surface area contributed by atoms with Gasteiger partial charge in [-0.05, 0) is 38.5 Å². The molecule has 2 aromatic rings. The van der Waals surface area contributed by atoms with Gasteiger partial charge in [0.05, 0.1) is 0 Å². The predicted octanol–water partition coefficient (Wildman–Crippen LogP) is 5.35. The molecule has 2 rings (SSSR count). The minimum atomic E-state index is 0.173. The molecule has 0 atom stereocenters. The number of halogens is 1. The lowest BCUT2D eigenvalue weighted by Crippen LogP contribution is -2.10. The topological polar surface area (TPSA) is 23.8 Å². The van der Waals surface area contributed by atoms with Crippen LogP contribution in [0.1, 0.15) is 31.2 Å². The van der Waals surface area contributed by atoms with E-state index >= 15 is 0 Å². The number of thiophene rings is 1. The maximum atomic E-state index is 8.96. The van der Waals surface area contributed by atoms with E-state index in [2.05, 4.69) is 67.0 Å². The SMILES string of the molecule is CC(C)(C)c1ccc(-c2cc(Br)c(C#N)s2)cc1. The molecule has 92 valence electrons. The minimum Gasteiger partial charge on any atom is -0.191 e. The van der Waals surface area contributed by atoms with Gasteiger partial charge in [0.1, 0.15) is 10.9 Å². The molecule has 1 aromatic heterocycles. The fourth-order valence-electron chi connectivity index (χ4n) is 1.72. The van der Waals surface area contributed by atoms with Gasteiger partial charge in [-0.2, -0.15) is 5.26 Å². The molecule has 0 aliphatic carbocycles. The summed E-state index contributed by atoms with van der Waals surface area (Å²) < 4.78 is 0.880. The number of nitriles is 1. The summed E-state index contributed by atoms with van der Waals surface area (Å²) in [6.45, 7) is 6.62. The zero-order chi connectivity index (χ0) is 13.3. The van der Waals surface area contributed by atoms with Crippen LogP contribution in [0, 0.1) is 11.3 Å². The van der Waals surface area contributed by atoms with Gasteiger partial charge in [-0.25, -0.2) is 0 Å². The second-order valence-electron chi connectivity index (χ2n) is 5.23. The molecule has 1 nitrogen and oxygen atoms in total. The smallest absolute Gasteiger partial charge is 0.119 e. The Labute approximate surface area is 120 Å². The second-order valence-corrected chi connectivity index (χ2v) is 7.13. The Morgan fingerprint density at radius 2 is 1.78 bits per heavy atom. The quantitative estimate of drug-likeness (QED) is 0.695. The molecule has 1 aromatic carbocycles. The molecule has 3 heteroatoms. The molecule has 0 aliphatic heterocycles. The van der Waals surface area contributed by atoms with Crippen molar-refractivity contribution < 1.29 is 0 Å². The van der Waals surface area contributed by atoms with Crippen molar-refractivity contribution in [2.45, 2.75) is 26.2 Å². The first-order valence-corrected chi connectivity index (χ1v) is 7.33. The lowest BCUT2D eigenvalue weighted by atomic mass is 9.86. The van der Waals surface area contributed by atoms with Crippen LogP contribution in [0.5, 0.6) is 0 Å². The monoisotopic (exact) mass is 319 g/mol. The first kappa shape index (κ1) is 13.3. The van der Waals surface area contributed by atoms with Crippen LogP contribution >= 0.6 is 27.3 Å². The van der Waals surface area contributed by atoms with Crippen molar-refractivity contribution in [3.8, 4) is 16.5 Å².